The topological polar surface area (TPSA) is 44.2 Å². The van der Waals surface area contributed by atoms with Gasteiger partial charge in [0.2, 0.25) is 0 Å². The van der Waals surface area contributed by atoms with Gasteiger partial charge in [0.15, 0.2) is 28.8 Å². The van der Waals surface area contributed by atoms with E-state index >= 15 is 0 Å². The molecule has 2 heterocycles. The molecule has 0 radical (unpaired) electrons. The Bertz CT molecular complexity index is 2430. The summed E-state index contributed by atoms with van der Waals surface area (Å²) in [6.07, 6.45) is 0. The standard InChI is InChI=1S/C42H26N2O2/c1-2-11-28(12-3-1)40-35-18-6-7-19-36(35)43-42(44-40)33-16-9-15-31(25-33)29-13-8-14-30(24-29)32-21-22-37-39(26-32)46-41-34-17-5-4-10-27(34)20-23-38(41)45-37/h1-26H. The van der Waals surface area contributed by atoms with Crippen molar-refractivity contribution in [2.24, 2.45) is 0 Å². The third-order valence-electron chi connectivity index (χ3n) is 8.52. The molecule has 4 nitrogen and oxygen atoms in total. The second kappa shape index (κ2) is 10.7. The summed E-state index contributed by atoms with van der Waals surface area (Å²) < 4.78 is 12.7. The predicted octanol–water partition coefficient (Wildman–Crippen LogP) is 11.3. The summed E-state index contributed by atoms with van der Waals surface area (Å²) in [5, 5.41) is 3.19. The van der Waals surface area contributed by atoms with Crippen LogP contribution >= 0.6 is 0 Å². The molecule has 1 aliphatic heterocycles. The van der Waals surface area contributed by atoms with Crippen LogP contribution < -0.4 is 9.47 Å². The van der Waals surface area contributed by atoms with Crippen LogP contribution in [0.2, 0.25) is 0 Å². The number of hydrogen-bond acceptors (Lipinski definition) is 4. The molecule has 46 heavy (non-hydrogen) atoms. The molecule has 0 bridgehead atoms. The molecule has 0 unspecified atom stereocenters. The van der Waals surface area contributed by atoms with E-state index in [4.69, 9.17) is 19.4 Å². The molecule has 1 aliphatic rings. The van der Waals surface area contributed by atoms with E-state index in [2.05, 4.69) is 103 Å². The van der Waals surface area contributed by atoms with E-state index in [1.807, 2.05) is 54.6 Å². The van der Waals surface area contributed by atoms with Gasteiger partial charge in [-0.05, 0) is 64.0 Å². The Labute approximate surface area is 266 Å². The average Bonchev–Trinajstić information content (AvgIpc) is 3.14. The Morgan fingerprint density at radius 1 is 0.370 bits per heavy atom. The van der Waals surface area contributed by atoms with Gasteiger partial charge < -0.3 is 9.47 Å². The zero-order valence-electron chi connectivity index (χ0n) is 24.7. The van der Waals surface area contributed by atoms with Gasteiger partial charge in [-0.1, -0.05) is 121 Å². The minimum absolute atomic E-state index is 0.704. The lowest BCUT2D eigenvalue weighted by Crippen LogP contribution is -1.99. The lowest BCUT2D eigenvalue weighted by molar-refractivity contribution is 0.363. The van der Waals surface area contributed by atoms with Crippen molar-refractivity contribution >= 4 is 21.7 Å². The third kappa shape index (κ3) is 4.56. The average molecular weight is 591 g/mol. The van der Waals surface area contributed by atoms with Crippen LogP contribution in [-0.2, 0) is 0 Å². The number of fused-ring (bicyclic) bond motifs is 5. The Hall–Kier alpha value is -6.26. The van der Waals surface area contributed by atoms with E-state index in [0.717, 1.165) is 72.2 Å². The highest BCUT2D eigenvalue weighted by molar-refractivity contribution is 5.94. The molecule has 7 aromatic carbocycles. The van der Waals surface area contributed by atoms with Gasteiger partial charge in [0, 0.05) is 21.9 Å². The minimum Gasteiger partial charge on any atom is -0.449 e. The van der Waals surface area contributed by atoms with Crippen LogP contribution in [0.5, 0.6) is 23.0 Å². The second-order valence-corrected chi connectivity index (χ2v) is 11.4. The van der Waals surface area contributed by atoms with Crippen LogP contribution in [0.1, 0.15) is 0 Å². The maximum Gasteiger partial charge on any atom is 0.177 e. The molecular weight excluding hydrogens is 564 g/mol. The van der Waals surface area contributed by atoms with Gasteiger partial charge in [0.1, 0.15) is 0 Å². The number of rotatable bonds is 4. The minimum atomic E-state index is 0.704. The van der Waals surface area contributed by atoms with Crippen LogP contribution in [0.25, 0.3) is 66.6 Å². The lowest BCUT2D eigenvalue weighted by Gasteiger charge is -2.22. The molecule has 0 atom stereocenters. The van der Waals surface area contributed by atoms with Crippen molar-refractivity contribution in [1.82, 2.24) is 9.97 Å². The number of para-hydroxylation sites is 1. The van der Waals surface area contributed by atoms with Crippen molar-refractivity contribution in [3.8, 4) is 67.9 Å². The highest BCUT2D eigenvalue weighted by Gasteiger charge is 2.22. The van der Waals surface area contributed by atoms with Crippen LogP contribution in [0.15, 0.2) is 158 Å². The van der Waals surface area contributed by atoms with E-state index in [1.54, 1.807) is 0 Å². The maximum absolute atomic E-state index is 6.47. The number of ether oxygens (including phenoxy) is 2. The third-order valence-corrected chi connectivity index (χ3v) is 8.52. The highest BCUT2D eigenvalue weighted by Crippen LogP contribution is 2.49. The summed E-state index contributed by atoms with van der Waals surface area (Å²) in [7, 11) is 0. The summed E-state index contributed by atoms with van der Waals surface area (Å²) in [6, 6.07) is 53.9. The molecule has 0 saturated carbocycles. The zero-order valence-corrected chi connectivity index (χ0v) is 24.7. The molecule has 8 aromatic rings. The monoisotopic (exact) mass is 590 g/mol. The van der Waals surface area contributed by atoms with Crippen molar-refractivity contribution in [1.29, 1.82) is 0 Å². The van der Waals surface area contributed by atoms with Gasteiger partial charge in [-0.3, -0.25) is 0 Å². The van der Waals surface area contributed by atoms with Gasteiger partial charge in [0.25, 0.3) is 0 Å². The first-order valence-corrected chi connectivity index (χ1v) is 15.3. The normalized spacial score (nSPS) is 11.8. The fourth-order valence-electron chi connectivity index (χ4n) is 6.23. The van der Waals surface area contributed by atoms with E-state index < -0.39 is 0 Å². The first kappa shape index (κ1) is 26.2. The molecule has 216 valence electrons. The summed E-state index contributed by atoms with van der Waals surface area (Å²) in [4.78, 5) is 10.1. The number of hydrogen-bond donors (Lipinski definition) is 0. The number of benzene rings is 7. The number of nitrogens with zero attached hydrogens (tertiary/aromatic N) is 2. The summed E-state index contributed by atoms with van der Waals surface area (Å²) in [6.45, 7) is 0. The lowest BCUT2D eigenvalue weighted by atomic mass is 9.97. The van der Waals surface area contributed by atoms with Crippen molar-refractivity contribution < 1.29 is 9.47 Å². The van der Waals surface area contributed by atoms with Gasteiger partial charge >= 0.3 is 0 Å². The second-order valence-electron chi connectivity index (χ2n) is 11.4. The summed E-state index contributed by atoms with van der Waals surface area (Å²) in [5.74, 6) is 3.60. The first-order chi connectivity index (χ1) is 22.8. The molecule has 9 rings (SSSR count). The summed E-state index contributed by atoms with van der Waals surface area (Å²) in [5.41, 5.74) is 8.24. The molecular formula is C42H26N2O2. The Balaban J connectivity index is 1.07. The van der Waals surface area contributed by atoms with Crippen molar-refractivity contribution in [3.63, 3.8) is 0 Å². The first-order valence-electron chi connectivity index (χ1n) is 15.3. The molecule has 0 fully saturated rings. The zero-order chi connectivity index (χ0) is 30.5. The highest BCUT2D eigenvalue weighted by atomic mass is 16.6. The Kier molecular flexibility index (Phi) is 6.10. The van der Waals surface area contributed by atoms with Gasteiger partial charge in [-0.2, -0.15) is 0 Å². The van der Waals surface area contributed by atoms with Gasteiger partial charge in [-0.25, -0.2) is 9.97 Å². The van der Waals surface area contributed by atoms with E-state index in [9.17, 15) is 0 Å². The Morgan fingerprint density at radius 2 is 1.00 bits per heavy atom. The van der Waals surface area contributed by atoms with Crippen molar-refractivity contribution in [2.75, 3.05) is 0 Å². The van der Waals surface area contributed by atoms with Gasteiger partial charge in [-0.15, -0.1) is 0 Å². The van der Waals surface area contributed by atoms with Crippen LogP contribution in [-0.4, -0.2) is 9.97 Å². The smallest absolute Gasteiger partial charge is 0.177 e. The Morgan fingerprint density at radius 3 is 1.83 bits per heavy atom. The van der Waals surface area contributed by atoms with Crippen LogP contribution in [0.4, 0.5) is 0 Å². The molecule has 0 N–H and O–H groups in total. The van der Waals surface area contributed by atoms with Crippen LogP contribution in [0.3, 0.4) is 0 Å². The molecule has 1 aromatic heterocycles. The molecule has 0 saturated heterocycles. The van der Waals surface area contributed by atoms with Crippen molar-refractivity contribution in [2.45, 2.75) is 0 Å². The van der Waals surface area contributed by atoms with E-state index in [1.165, 1.54) is 0 Å². The fourth-order valence-corrected chi connectivity index (χ4v) is 6.23. The largest absolute Gasteiger partial charge is 0.449 e. The summed E-state index contributed by atoms with van der Waals surface area (Å²) >= 11 is 0. The SMILES string of the molecule is c1ccc(-c2nc(-c3cccc(-c4cccc(-c5ccc6c(c5)Oc5c(ccc7ccccc57)O6)c4)c3)nc3ccccc23)cc1. The molecule has 0 aliphatic carbocycles. The van der Waals surface area contributed by atoms with Crippen molar-refractivity contribution in [3.05, 3.63) is 158 Å². The quantitative estimate of drug-likeness (QED) is 0.204. The van der Waals surface area contributed by atoms with Gasteiger partial charge in [0.05, 0.1) is 11.2 Å². The fraction of sp³-hybridized carbons (Fsp3) is 0. The number of aromatic nitrogens is 2. The predicted molar refractivity (Wildman–Crippen MR) is 185 cm³/mol. The van der Waals surface area contributed by atoms with E-state index in [-0.39, 0.29) is 0 Å². The van der Waals surface area contributed by atoms with E-state index in [0.29, 0.717) is 17.3 Å². The molecule has 0 amide bonds. The van der Waals surface area contributed by atoms with Crippen LogP contribution in [0, 0.1) is 0 Å². The molecule has 0 spiro atoms. The maximum atomic E-state index is 6.47. The molecule has 4 heteroatoms.